The Morgan fingerprint density at radius 1 is 1.42 bits per heavy atom. The van der Waals surface area contributed by atoms with Gasteiger partial charge in [-0.3, -0.25) is 0 Å². The number of ether oxygens (including phenoxy) is 2. The second-order valence-corrected chi connectivity index (χ2v) is 4.51. The second kappa shape index (κ2) is 7.97. The molecular formula is C15H15FN4O4. The molecule has 0 radical (unpaired) electrons. The highest BCUT2D eigenvalue weighted by Crippen LogP contribution is 2.22. The van der Waals surface area contributed by atoms with Crippen LogP contribution in [-0.2, 0) is 14.3 Å². The van der Waals surface area contributed by atoms with Crippen molar-refractivity contribution in [1.29, 1.82) is 0 Å². The first-order valence-corrected chi connectivity index (χ1v) is 6.77. The first kappa shape index (κ1) is 17.3. The lowest BCUT2D eigenvalue weighted by atomic mass is 10.3. The summed E-state index contributed by atoms with van der Waals surface area (Å²) in [4.78, 5) is 11.6. The van der Waals surface area contributed by atoms with E-state index in [4.69, 9.17) is 4.74 Å². The topological polar surface area (TPSA) is 98.3 Å². The van der Waals surface area contributed by atoms with Crippen molar-refractivity contribution in [2.24, 2.45) is 10.2 Å². The van der Waals surface area contributed by atoms with Crippen molar-refractivity contribution >= 4 is 11.7 Å². The van der Waals surface area contributed by atoms with Crippen LogP contribution >= 0.6 is 0 Å². The summed E-state index contributed by atoms with van der Waals surface area (Å²) in [6, 6.07) is 5.88. The summed E-state index contributed by atoms with van der Waals surface area (Å²) in [5.41, 5.74) is -0.0742. The van der Waals surface area contributed by atoms with Gasteiger partial charge in [0.2, 0.25) is 5.70 Å². The van der Waals surface area contributed by atoms with Crippen LogP contribution in [0.4, 0.5) is 10.1 Å². The Morgan fingerprint density at radius 3 is 2.79 bits per heavy atom. The summed E-state index contributed by atoms with van der Waals surface area (Å²) in [6.07, 6.45) is 3.23. The van der Waals surface area contributed by atoms with E-state index >= 15 is 0 Å². The van der Waals surface area contributed by atoms with Gasteiger partial charge in [-0.05, 0) is 18.2 Å². The van der Waals surface area contributed by atoms with Gasteiger partial charge in [0.15, 0.2) is 11.6 Å². The minimum absolute atomic E-state index is 0.113. The number of halogens is 1. The number of benzene rings is 1. The number of azo groups is 1. The van der Waals surface area contributed by atoms with Crippen LogP contribution in [0, 0.1) is 5.82 Å². The maximum absolute atomic E-state index is 14.1. The van der Waals surface area contributed by atoms with E-state index in [0.29, 0.717) is 5.69 Å². The van der Waals surface area contributed by atoms with E-state index in [0.717, 1.165) is 7.11 Å². The Hall–Kier alpha value is -3.07. The number of esters is 1. The van der Waals surface area contributed by atoms with Gasteiger partial charge in [-0.25, -0.2) is 13.9 Å². The van der Waals surface area contributed by atoms with Gasteiger partial charge in [-0.2, -0.15) is 5.10 Å². The van der Waals surface area contributed by atoms with E-state index in [2.05, 4.69) is 20.1 Å². The molecule has 2 aromatic rings. The number of nitrogens with zero attached hydrogens (tertiary/aromatic N) is 4. The minimum Gasteiger partial charge on any atom is -0.507 e. The molecule has 0 aliphatic rings. The number of carbonyl (C=O) groups excluding carboxylic acids is 1. The van der Waals surface area contributed by atoms with Crippen LogP contribution in [0.1, 0.15) is 0 Å². The molecule has 0 bridgehead atoms. The largest absolute Gasteiger partial charge is 0.507 e. The molecule has 1 heterocycles. The smallest absolute Gasteiger partial charge is 0.362 e. The third-order valence-electron chi connectivity index (χ3n) is 2.89. The van der Waals surface area contributed by atoms with E-state index < -0.39 is 23.2 Å². The van der Waals surface area contributed by atoms with E-state index in [1.807, 2.05) is 0 Å². The molecule has 126 valence electrons. The van der Waals surface area contributed by atoms with Crippen molar-refractivity contribution < 1.29 is 23.8 Å². The number of carbonyl (C=O) groups is 1. The second-order valence-electron chi connectivity index (χ2n) is 4.51. The molecule has 0 saturated carbocycles. The Morgan fingerprint density at radius 2 is 2.21 bits per heavy atom. The summed E-state index contributed by atoms with van der Waals surface area (Å²) in [7, 11) is 2.45. The summed E-state index contributed by atoms with van der Waals surface area (Å²) in [5, 5.41) is 20.9. The number of aromatic nitrogens is 2. The van der Waals surface area contributed by atoms with Crippen molar-refractivity contribution in [3.05, 3.63) is 53.9 Å². The number of rotatable bonds is 6. The van der Waals surface area contributed by atoms with Crippen LogP contribution in [0.25, 0.3) is 5.69 Å². The Balaban J connectivity index is 2.29. The lowest BCUT2D eigenvalue weighted by Crippen LogP contribution is -2.08. The third kappa shape index (κ3) is 4.02. The van der Waals surface area contributed by atoms with Crippen molar-refractivity contribution in [3.63, 3.8) is 0 Å². The third-order valence-corrected chi connectivity index (χ3v) is 2.89. The standard InChI is InChI=1S/C15H15FN4O4/c1-23-9-13(21)14(15(22)24-2)19-18-12-5-4-10(8-11(12)16)20-7-3-6-17-20/h3-8,21H,9H2,1-2H3. The SMILES string of the molecule is COCC(O)=C(N=Nc1ccc(-n2cccn2)cc1F)C(=O)OC. The van der Waals surface area contributed by atoms with Crippen LogP contribution in [0.3, 0.4) is 0 Å². The van der Waals surface area contributed by atoms with Crippen LogP contribution in [0.5, 0.6) is 0 Å². The monoisotopic (exact) mass is 334 g/mol. The van der Waals surface area contributed by atoms with Crippen molar-refractivity contribution in [1.82, 2.24) is 9.78 Å². The molecule has 0 unspecified atom stereocenters. The molecule has 2 rings (SSSR count). The quantitative estimate of drug-likeness (QED) is 0.379. The maximum atomic E-state index is 14.1. The Labute approximate surface area is 136 Å². The highest BCUT2D eigenvalue weighted by Gasteiger charge is 2.16. The van der Waals surface area contributed by atoms with Crippen LogP contribution in [0.15, 0.2) is 58.3 Å². The first-order valence-electron chi connectivity index (χ1n) is 6.77. The fourth-order valence-electron chi connectivity index (χ4n) is 1.76. The fraction of sp³-hybridized carbons (Fsp3) is 0.200. The van der Waals surface area contributed by atoms with Gasteiger partial charge in [0.05, 0.1) is 12.8 Å². The zero-order valence-corrected chi connectivity index (χ0v) is 13.0. The molecule has 9 heteroatoms. The van der Waals surface area contributed by atoms with Crippen molar-refractivity contribution in [2.75, 3.05) is 20.8 Å². The molecule has 1 N–H and O–H groups in total. The molecule has 1 aromatic carbocycles. The van der Waals surface area contributed by atoms with Crippen molar-refractivity contribution in [3.8, 4) is 5.69 Å². The highest BCUT2D eigenvalue weighted by molar-refractivity contribution is 5.88. The van der Waals surface area contributed by atoms with Gasteiger partial charge >= 0.3 is 5.97 Å². The molecule has 24 heavy (non-hydrogen) atoms. The number of aliphatic hydroxyl groups is 1. The van der Waals surface area contributed by atoms with Crippen LogP contribution < -0.4 is 0 Å². The van der Waals surface area contributed by atoms with Crippen molar-refractivity contribution in [2.45, 2.75) is 0 Å². The lowest BCUT2D eigenvalue weighted by molar-refractivity contribution is -0.136. The summed E-state index contributed by atoms with van der Waals surface area (Å²) in [6.45, 7) is -0.260. The highest BCUT2D eigenvalue weighted by atomic mass is 19.1. The molecule has 8 nitrogen and oxygen atoms in total. The Bertz CT molecular complexity index is 772. The number of aliphatic hydroxyl groups excluding tert-OH is 1. The zero-order chi connectivity index (χ0) is 17.5. The average molecular weight is 334 g/mol. The summed E-state index contributed by atoms with van der Waals surface area (Å²) < 4.78 is 24.8. The maximum Gasteiger partial charge on any atom is 0.362 e. The van der Waals surface area contributed by atoms with E-state index in [-0.39, 0.29) is 12.3 Å². The molecule has 0 saturated heterocycles. The fourth-order valence-corrected chi connectivity index (χ4v) is 1.76. The molecule has 0 fully saturated rings. The van der Waals surface area contributed by atoms with Gasteiger partial charge in [0, 0.05) is 25.6 Å². The van der Waals surface area contributed by atoms with Gasteiger partial charge in [0.1, 0.15) is 12.3 Å². The predicted octanol–water partition coefficient (Wildman–Crippen LogP) is 2.68. The summed E-state index contributed by atoms with van der Waals surface area (Å²) in [5.74, 6) is -2.05. The number of hydrogen-bond acceptors (Lipinski definition) is 7. The van der Waals surface area contributed by atoms with E-state index in [1.165, 1.54) is 23.9 Å². The molecule has 0 atom stereocenters. The zero-order valence-electron chi connectivity index (χ0n) is 13.0. The van der Waals surface area contributed by atoms with Gasteiger partial charge in [0.25, 0.3) is 0 Å². The van der Waals surface area contributed by atoms with Gasteiger partial charge in [-0.15, -0.1) is 10.2 Å². The number of hydrogen-bond donors (Lipinski definition) is 1. The Kier molecular flexibility index (Phi) is 5.74. The lowest BCUT2D eigenvalue weighted by Gasteiger charge is -2.04. The van der Waals surface area contributed by atoms with Gasteiger partial charge in [-0.1, -0.05) is 0 Å². The first-order chi connectivity index (χ1) is 11.6. The molecule has 0 amide bonds. The molecule has 1 aromatic heterocycles. The molecule has 0 spiro atoms. The normalized spacial score (nSPS) is 12.3. The van der Waals surface area contributed by atoms with Crippen LogP contribution in [-0.4, -0.2) is 41.7 Å². The molecule has 0 aliphatic carbocycles. The number of methoxy groups -OCH3 is 2. The predicted molar refractivity (Wildman–Crippen MR) is 81.6 cm³/mol. The van der Waals surface area contributed by atoms with Crippen LogP contribution in [0.2, 0.25) is 0 Å². The molecule has 0 aliphatic heterocycles. The average Bonchev–Trinajstić information content (AvgIpc) is 3.10. The minimum atomic E-state index is -0.915. The van der Waals surface area contributed by atoms with E-state index in [9.17, 15) is 14.3 Å². The molecular weight excluding hydrogens is 319 g/mol. The summed E-state index contributed by atoms with van der Waals surface area (Å²) >= 11 is 0. The van der Waals surface area contributed by atoms with Gasteiger partial charge < -0.3 is 14.6 Å². The van der Waals surface area contributed by atoms with E-state index in [1.54, 1.807) is 24.5 Å².